The van der Waals surface area contributed by atoms with Gasteiger partial charge in [0.05, 0.1) is 25.2 Å². The molecule has 1 atom stereocenters. The van der Waals surface area contributed by atoms with E-state index >= 15 is 0 Å². The molecule has 2 aromatic carbocycles. The van der Waals surface area contributed by atoms with Gasteiger partial charge in [-0.05, 0) is 19.1 Å². The smallest absolute Gasteiger partial charge is 0.252 e. The first-order valence-electron chi connectivity index (χ1n) is 8.86. The number of methoxy groups -OCH3 is 2. The minimum atomic E-state index is -0.489. The fraction of sp³-hybridized carbons (Fsp3) is 0.190. The molecule has 8 heteroatoms. The number of thioether (sulfide) groups is 1. The van der Waals surface area contributed by atoms with Crippen molar-refractivity contribution in [2.45, 2.75) is 17.3 Å². The number of hydrogen-bond donors (Lipinski definition) is 2. The van der Waals surface area contributed by atoms with Crippen molar-refractivity contribution >= 4 is 23.4 Å². The third-order valence-electron chi connectivity index (χ3n) is 4.10. The molecule has 1 amide bonds. The third-order valence-corrected chi connectivity index (χ3v) is 5.08. The predicted octanol–water partition coefficient (Wildman–Crippen LogP) is 3.57. The molecular weight excluding hydrogens is 390 g/mol. The predicted molar refractivity (Wildman–Crippen MR) is 114 cm³/mol. The first kappa shape index (κ1) is 20.5. The highest BCUT2D eigenvalue weighted by molar-refractivity contribution is 8.00. The summed E-state index contributed by atoms with van der Waals surface area (Å²) in [6.07, 6.45) is 0. The zero-order valence-electron chi connectivity index (χ0n) is 16.3. The molecule has 0 fully saturated rings. The summed E-state index contributed by atoms with van der Waals surface area (Å²) in [5, 5.41) is 2.73. The Kier molecular flexibility index (Phi) is 6.56. The number of rotatable bonds is 7. The number of aromatic nitrogens is 2. The van der Waals surface area contributed by atoms with E-state index in [2.05, 4.69) is 15.3 Å². The van der Waals surface area contributed by atoms with E-state index in [1.165, 1.54) is 24.9 Å². The number of nitrogens with one attached hydrogen (secondary N) is 2. The van der Waals surface area contributed by atoms with E-state index in [-0.39, 0.29) is 11.5 Å². The van der Waals surface area contributed by atoms with Gasteiger partial charge in [0.1, 0.15) is 0 Å². The minimum Gasteiger partial charge on any atom is -0.493 e. The Morgan fingerprint density at radius 2 is 1.79 bits per heavy atom. The van der Waals surface area contributed by atoms with E-state index in [1.807, 2.05) is 30.3 Å². The number of H-pyrrole nitrogens is 1. The number of benzene rings is 2. The van der Waals surface area contributed by atoms with Crippen molar-refractivity contribution in [2.24, 2.45) is 0 Å². The molecule has 29 heavy (non-hydrogen) atoms. The topological polar surface area (TPSA) is 93.3 Å². The van der Waals surface area contributed by atoms with Crippen LogP contribution >= 0.6 is 11.8 Å². The number of aromatic amines is 1. The lowest BCUT2D eigenvalue weighted by molar-refractivity contribution is -0.115. The second-order valence-electron chi connectivity index (χ2n) is 6.12. The number of carbonyl (C=O) groups is 1. The minimum absolute atomic E-state index is 0.227. The fourth-order valence-electron chi connectivity index (χ4n) is 2.63. The molecule has 2 N–H and O–H groups in total. The Balaban J connectivity index is 1.73. The van der Waals surface area contributed by atoms with Crippen LogP contribution in [0.15, 0.2) is 64.5 Å². The number of ether oxygens (including phenoxy) is 2. The van der Waals surface area contributed by atoms with Crippen molar-refractivity contribution in [3.8, 4) is 22.8 Å². The lowest BCUT2D eigenvalue weighted by Gasteiger charge is -2.14. The molecule has 0 spiro atoms. The van der Waals surface area contributed by atoms with E-state index in [0.29, 0.717) is 28.0 Å². The number of hydrogen-bond acceptors (Lipinski definition) is 6. The van der Waals surface area contributed by atoms with Gasteiger partial charge < -0.3 is 19.8 Å². The molecule has 1 unspecified atom stereocenters. The zero-order chi connectivity index (χ0) is 20.8. The molecule has 0 aliphatic carbocycles. The quantitative estimate of drug-likeness (QED) is 0.456. The Bertz CT molecular complexity index is 1050. The van der Waals surface area contributed by atoms with E-state index in [1.54, 1.807) is 32.2 Å². The molecule has 150 valence electrons. The number of amides is 1. The highest BCUT2D eigenvalue weighted by Gasteiger charge is 2.17. The van der Waals surface area contributed by atoms with Gasteiger partial charge in [-0.15, -0.1) is 0 Å². The molecule has 0 aliphatic rings. The van der Waals surface area contributed by atoms with Crippen molar-refractivity contribution in [3.63, 3.8) is 0 Å². The molecule has 3 aromatic rings. The van der Waals surface area contributed by atoms with Crippen LogP contribution in [0.1, 0.15) is 6.92 Å². The Hall–Kier alpha value is -3.26. The van der Waals surface area contributed by atoms with Gasteiger partial charge in [0.25, 0.3) is 5.56 Å². The summed E-state index contributed by atoms with van der Waals surface area (Å²) in [5.74, 6) is 0.870. The molecule has 0 bridgehead atoms. The van der Waals surface area contributed by atoms with Crippen LogP contribution in [-0.4, -0.2) is 35.3 Å². The molecule has 1 aromatic heterocycles. The maximum Gasteiger partial charge on any atom is 0.252 e. The van der Waals surface area contributed by atoms with E-state index < -0.39 is 5.25 Å². The molecule has 1 heterocycles. The normalized spacial score (nSPS) is 11.6. The summed E-state index contributed by atoms with van der Waals surface area (Å²) in [6.45, 7) is 1.75. The molecule has 0 saturated carbocycles. The summed E-state index contributed by atoms with van der Waals surface area (Å²) in [5.41, 5.74) is 1.71. The molecule has 0 saturated heterocycles. The van der Waals surface area contributed by atoms with Crippen molar-refractivity contribution in [3.05, 3.63) is 65.0 Å². The summed E-state index contributed by atoms with van der Waals surface area (Å²) in [4.78, 5) is 31.8. The first-order chi connectivity index (χ1) is 14.0. The maximum absolute atomic E-state index is 12.6. The highest BCUT2D eigenvalue weighted by Crippen LogP contribution is 2.30. The van der Waals surface area contributed by atoms with Gasteiger partial charge >= 0.3 is 0 Å². The average Bonchev–Trinajstić information content (AvgIpc) is 2.73. The van der Waals surface area contributed by atoms with E-state index in [4.69, 9.17) is 9.47 Å². The van der Waals surface area contributed by atoms with Crippen LogP contribution in [0.2, 0.25) is 0 Å². The van der Waals surface area contributed by atoms with Crippen molar-refractivity contribution in [2.75, 3.05) is 19.5 Å². The first-order valence-corrected chi connectivity index (χ1v) is 9.74. The zero-order valence-corrected chi connectivity index (χ0v) is 17.1. The van der Waals surface area contributed by atoms with Crippen LogP contribution in [-0.2, 0) is 4.79 Å². The summed E-state index contributed by atoms with van der Waals surface area (Å²) in [6, 6.07) is 16.0. The van der Waals surface area contributed by atoms with Crippen LogP contribution in [0.3, 0.4) is 0 Å². The molecular formula is C21H21N3O4S. The Morgan fingerprint density at radius 1 is 1.07 bits per heavy atom. The Labute approximate surface area is 172 Å². The lowest BCUT2D eigenvalue weighted by atomic mass is 10.1. The van der Waals surface area contributed by atoms with Gasteiger partial charge in [0, 0.05) is 23.4 Å². The van der Waals surface area contributed by atoms with E-state index in [0.717, 1.165) is 5.56 Å². The SMILES string of the molecule is COc1ccc(NC(=O)C(C)Sc2nc(-c3ccccc3)cc(=O)[nH]2)cc1OC. The van der Waals surface area contributed by atoms with Crippen molar-refractivity contribution < 1.29 is 14.3 Å². The van der Waals surface area contributed by atoms with Crippen LogP contribution in [0, 0.1) is 0 Å². The monoisotopic (exact) mass is 411 g/mol. The molecule has 7 nitrogen and oxygen atoms in total. The second-order valence-corrected chi connectivity index (χ2v) is 7.45. The largest absolute Gasteiger partial charge is 0.493 e. The summed E-state index contributed by atoms with van der Waals surface area (Å²) in [7, 11) is 3.08. The molecule has 3 rings (SSSR count). The van der Waals surface area contributed by atoms with Crippen molar-refractivity contribution in [1.82, 2.24) is 9.97 Å². The summed E-state index contributed by atoms with van der Waals surface area (Å²) >= 11 is 1.18. The van der Waals surface area contributed by atoms with Gasteiger partial charge in [0.2, 0.25) is 5.91 Å². The number of nitrogens with zero attached hydrogens (tertiary/aromatic N) is 1. The third kappa shape index (κ3) is 5.17. The van der Waals surface area contributed by atoms with Crippen LogP contribution in [0.5, 0.6) is 11.5 Å². The molecule has 0 aliphatic heterocycles. The van der Waals surface area contributed by atoms with E-state index in [9.17, 15) is 9.59 Å². The standard InChI is InChI=1S/C21H21N3O4S/c1-13(20(26)22-15-9-10-17(27-2)18(11-15)28-3)29-21-23-16(12-19(25)24-21)14-7-5-4-6-8-14/h4-13H,1-3H3,(H,22,26)(H,23,24,25). The summed E-state index contributed by atoms with van der Waals surface area (Å²) < 4.78 is 10.4. The highest BCUT2D eigenvalue weighted by atomic mass is 32.2. The van der Waals surface area contributed by atoms with Gasteiger partial charge in [-0.3, -0.25) is 9.59 Å². The number of anilines is 1. The van der Waals surface area contributed by atoms with Gasteiger partial charge in [-0.2, -0.15) is 0 Å². The molecule has 0 radical (unpaired) electrons. The number of carbonyl (C=O) groups excluding carboxylic acids is 1. The van der Waals surface area contributed by atoms with Gasteiger partial charge in [-0.1, -0.05) is 42.1 Å². The maximum atomic E-state index is 12.6. The van der Waals surface area contributed by atoms with Crippen molar-refractivity contribution in [1.29, 1.82) is 0 Å². The fourth-order valence-corrected chi connectivity index (χ4v) is 3.44. The van der Waals surface area contributed by atoms with Crippen LogP contribution < -0.4 is 20.3 Å². The Morgan fingerprint density at radius 3 is 2.48 bits per heavy atom. The lowest BCUT2D eigenvalue weighted by Crippen LogP contribution is -2.23. The van der Waals surface area contributed by atoms with Crippen LogP contribution in [0.4, 0.5) is 5.69 Å². The van der Waals surface area contributed by atoms with Crippen LogP contribution in [0.25, 0.3) is 11.3 Å². The average molecular weight is 411 g/mol. The van der Waals surface area contributed by atoms with Gasteiger partial charge in [-0.25, -0.2) is 4.98 Å². The second kappa shape index (κ2) is 9.29. The van der Waals surface area contributed by atoms with Gasteiger partial charge in [0.15, 0.2) is 16.7 Å².